The molecule has 4 aromatic rings. The summed E-state index contributed by atoms with van der Waals surface area (Å²) in [5.41, 5.74) is 2.87. The van der Waals surface area contributed by atoms with Gasteiger partial charge in [0.15, 0.2) is 0 Å². The van der Waals surface area contributed by atoms with E-state index in [0.29, 0.717) is 21.5 Å². The van der Waals surface area contributed by atoms with Gasteiger partial charge in [0.2, 0.25) is 15.8 Å². The van der Waals surface area contributed by atoms with Crippen LogP contribution in [0.15, 0.2) is 70.1 Å². The Hall–Kier alpha value is -2.81. The van der Waals surface area contributed by atoms with Crippen molar-refractivity contribution >= 4 is 21.4 Å². The van der Waals surface area contributed by atoms with Crippen molar-refractivity contribution in [1.82, 2.24) is 14.9 Å². The predicted molar refractivity (Wildman–Crippen MR) is 113 cm³/mol. The Balaban J connectivity index is 1.56. The quantitative estimate of drug-likeness (QED) is 0.489. The topological polar surface area (TPSA) is 85.1 Å². The summed E-state index contributed by atoms with van der Waals surface area (Å²) in [4.78, 5) is 5.91. The van der Waals surface area contributed by atoms with Crippen LogP contribution in [0.5, 0.6) is 0 Å². The highest BCUT2D eigenvalue weighted by atomic mass is 32.2. The largest absolute Gasteiger partial charge is 0.333 e. The van der Waals surface area contributed by atoms with Gasteiger partial charge >= 0.3 is 0 Å². The second-order valence-corrected chi connectivity index (χ2v) is 9.62. The molecular weight excluding hydrogens is 406 g/mol. The molecule has 0 radical (unpaired) electrons. The van der Waals surface area contributed by atoms with Gasteiger partial charge in [-0.1, -0.05) is 65.3 Å². The summed E-state index contributed by atoms with van der Waals surface area (Å²) in [5.74, 6) is 0.769. The van der Waals surface area contributed by atoms with Gasteiger partial charge in [0, 0.05) is 17.0 Å². The number of hydrogen-bond acceptors (Lipinski definition) is 6. The van der Waals surface area contributed by atoms with Gasteiger partial charge in [-0.05, 0) is 25.5 Å². The van der Waals surface area contributed by atoms with Crippen molar-refractivity contribution in [2.75, 3.05) is 0 Å². The number of hydrogen-bond donors (Lipinski definition) is 1. The highest BCUT2D eigenvalue weighted by Crippen LogP contribution is 2.33. The molecule has 0 bridgehead atoms. The van der Waals surface area contributed by atoms with Gasteiger partial charge < -0.3 is 4.52 Å². The fraction of sp³-hybridized carbons (Fsp3) is 0.143. The van der Waals surface area contributed by atoms with Gasteiger partial charge in [-0.25, -0.2) is 13.1 Å². The Morgan fingerprint density at radius 1 is 1.03 bits per heavy atom. The second kappa shape index (κ2) is 7.90. The molecule has 0 spiro atoms. The van der Waals surface area contributed by atoms with E-state index in [0.717, 1.165) is 16.7 Å². The Kier molecular flexibility index (Phi) is 5.31. The van der Waals surface area contributed by atoms with E-state index in [9.17, 15) is 8.42 Å². The third kappa shape index (κ3) is 4.29. The first-order chi connectivity index (χ1) is 13.9. The number of rotatable bonds is 6. The molecule has 0 aliphatic rings. The minimum atomic E-state index is -3.66. The first-order valence-corrected chi connectivity index (χ1v) is 11.3. The number of benzene rings is 2. The summed E-state index contributed by atoms with van der Waals surface area (Å²) in [6.07, 6.45) is 0. The van der Waals surface area contributed by atoms with Crippen LogP contribution in [0.4, 0.5) is 0 Å². The van der Waals surface area contributed by atoms with Crippen molar-refractivity contribution in [2.45, 2.75) is 25.3 Å². The molecule has 0 atom stereocenters. The first kappa shape index (κ1) is 19.5. The third-order valence-corrected chi connectivity index (χ3v) is 7.11. The van der Waals surface area contributed by atoms with E-state index >= 15 is 0 Å². The van der Waals surface area contributed by atoms with Gasteiger partial charge in [-0.15, -0.1) is 11.3 Å². The van der Waals surface area contributed by atoms with Crippen molar-refractivity contribution in [3.8, 4) is 22.2 Å². The second-order valence-electron chi connectivity index (χ2n) is 6.63. The lowest BCUT2D eigenvalue weighted by Crippen LogP contribution is -2.23. The molecule has 2 aromatic carbocycles. The Morgan fingerprint density at radius 3 is 2.48 bits per heavy atom. The molecule has 4 rings (SSSR count). The van der Waals surface area contributed by atoms with Crippen LogP contribution in [0, 0.1) is 13.8 Å². The van der Waals surface area contributed by atoms with E-state index in [2.05, 4.69) is 14.9 Å². The SMILES string of the molecule is Cc1ccc(CNS(=O)(=O)c2cc(-c3nc(-c4ccccc4)no3)sc2C)cc1. The van der Waals surface area contributed by atoms with Crippen LogP contribution in [0.3, 0.4) is 0 Å². The van der Waals surface area contributed by atoms with E-state index < -0.39 is 10.0 Å². The lowest BCUT2D eigenvalue weighted by molar-refractivity contribution is 0.433. The fourth-order valence-electron chi connectivity index (χ4n) is 2.83. The maximum Gasteiger partial charge on any atom is 0.268 e. The summed E-state index contributed by atoms with van der Waals surface area (Å²) in [6, 6.07) is 18.8. The number of aromatic nitrogens is 2. The molecule has 2 aromatic heterocycles. The average Bonchev–Trinajstić information content (AvgIpc) is 3.35. The molecule has 8 heteroatoms. The lowest BCUT2D eigenvalue weighted by Gasteiger charge is -2.06. The molecular formula is C21H19N3O3S2. The average molecular weight is 426 g/mol. The standard InChI is InChI=1S/C21H19N3O3S2/c1-14-8-10-16(11-9-14)13-22-29(25,26)19-12-18(28-15(19)2)21-23-20(24-27-21)17-6-4-3-5-7-17/h3-12,22H,13H2,1-2H3. The predicted octanol–water partition coefficient (Wildman–Crippen LogP) is 4.56. The molecule has 0 saturated carbocycles. The van der Waals surface area contributed by atoms with E-state index in [4.69, 9.17) is 4.52 Å². The van der Waals surface area contributed by atoms with E-state index in [-0.39, 0.29) is 11.4 Å². The zero-order valence-electron chi connectivity index (χ0n) is 15.9. The van der Waals surface area contributed by atoms with E-state index in [1.807, 2.05) is 61.5 Å². The normalized spacial score (nSPS) is 11.7. The molecule has 0 aliphatic heterocycles. The van der Waals surface area contributed by atoms with Gasteiger partial charge in [-0.2, -0.15) is 4.98 Å². The maximum atomic E-state index is 12.8. The number of sulfonamides is 1. The molecule has 6 nitrogen and oxygen atoms in total. The molecule has 0 fully saturated rings. The molecule has 0 aliphatic carbocycles. The van der Waals surface area contributed by atoms with Crippen LogP contribution >= 0.6 is 11.3 Å². The number of nitrogens with one attached hydrogen (secondary N) is 1. The van der Waals surface area contributed by atoms with Crippen LogP contribution in [-0.4, -0.2) is 18.6 Å². The summed E-state index contributed by atoms with van der Waals surface area (Å²) < 4.78 is 33.6. The van der Waals surface area contributed by atoms with Crippen molar-refractivity contribution in [2.24, 2.45) is 0 Å². The highest BCUT2D eigenvalue weighted by Gasteiger charge is 2.22. The summed E-state index contributed by atoms with van der Waals surface area (Å²) >= 11 is 1.31. The smallest absolute Gasteiger partial charge is 0.268 e. The number of aryl methyl sites for hydroxylation is 2. The van der Waals surface area contributed by atoms with Crippen molar-refractivity contribution < 1.29 is 12.9 Å². The monoisotopic (exact) mass is 425 g/mol. The zero-order valence-corrected chi connectivity index (χ0v) is 17.5. The third-order valence-electron chi connectivity index (χ3n) is 4.42. The Labute approximate surface area is 173 Å². The van der Waals surface area contributed by atoms with Gasteiger partial charge in [0.05, 0.1) is 9.77 Å². The lowest BCUT2D eigenvalue weighted by atomic mass is 10.2. The molecule has 0 unspecified atom stereocenters. The van der Waals surface area contributed by atoms with E-state index in [1.54, 1.807) is 13.0 Å². The first-order valence-electron chi connectivity index (χ1n) is 8.97. The van der Waals surface area contributed by atoms with Crippen LogP contribution in [0.2, 0.25) is 0 Å². The molecule has 0 saturated heterocycles. The van der Waals surface area contributed by atoms with Gasteiger partial charge in [0.1, 0.15) is 0 Å². The summed E-state index contributed by atoms with van der Waals surface area (Å²) in [5, 5.41) is 4.00. The van der Waals surface area contributed by atoms with Crippen molar-refractivity contribution in [1.29, 1.82) is 0 Å². The van der Waals surface area contributed by atoms with Gasteiger partial charge in [0.25, 0.3) is 5.89 Å². The van der Waals surface area contributed by atoms with Crippen LogP contribution < -0.4 is 4.72 Å². The maximum absolute atomic E-state index is 12.8. The summed E-state index contributed by atoms with van der Waals surface area (Å²) in [6.45, 7) is 3.99. The Morgan fingerprint density at radius 2 is 1.76 bits per heavy atom. The minimum Gasteiger partial charge on any atom is -0.333 e. The van der Waals surface area contributed by atoms with E-state index in [1.165, 1.54) is 11.3 Å². The van der Waals surface area contributed by atoms with Crippen LogP contribution in [0.1, 0.15) is 16.0 Å². The van der Waals surface area contributed by atoms with Gasteiger partial charge in [-0.3, -0.25) is 0 Å². The van der Waals surface area contributed by atoms with Crippen molar-refractivity contribution in [3.05, 3.63) is 76.7 Å². The van der Waals surface area contributed by atoms with Crippen LogP contribution in [-0.2, 0) is 16.6 Å². The molecule has 0 amide bonds. The Bertz CT molecular complexity index is 1230. The highest BCUT2D eigenvalue weighted by molar-refractivity contribution is 7.89. The minimum absolute atomic E-state index is 0.226. The zero-order chi connectivity index (χ0) is 20.4. The number of thiophene rings is 1. The molecule has 29 heavy (non-hydrogen) atoms. The summed E-state index contributed by atoms with van der Waals surface area (Å²) in [7, 11) is -3.66. The van der Waals surface area contributed by atoms with Crippen LogP contribution in [0.25, 0.3) is 22.2 Å². The number of nitrogens with zero attached hydrogens (tertiary/aromatic N) is 2. The molecule has 1 N–H and O–H groups in total. The molecule has 148 valence electrons. The van der Waals surface area contributed by atoms with Crippen molar-refractivity contribution in [3.63, 3.8) is 0 Å². The molecule has 2 heterocycles. The fourth-order valence-corrected chi connectivity index (χ4v) is 5.36.